The number of carbonyl (C=O) groups excluding carboxylic acids is 1. The average Bonchev–Trinajstić information content (AvgIpc) is 1.96. The Kier molecular flexibility index (Phi) is 3.33. The second-order valence-corrected chi connectivity index (χ2v) is 4.77. The van der Waals surface area contributed by atoms with Crippen LogP contribution in [0.5, 0.6) is 0 Å². The molecule has 1 aromatic carbocycles. The van der Waals surface area contributed by atoms with E-state index in [-0.39, 0.29) is 5.91 Å². The molecular weight excluding hydrogens is 380 g/mol. The molecule has 0 heterocycles. The number of carbonyl (C=O) groups is 1. The molecule has 0 saturated heterocycles. The van der Waals surface area contributed by atoms with Gasteiger partial charge in [0.25, 0.3) is 0 Å². The third-order valence-electron chi connectivity index (χ3n) is 1.48. The van der Waals surface area contributed by atoms with Crippen molar-refractivity contribution in [1.29, 1.82) is 0 Å². The molecule has 4 heteroatoms. The third kappa shape index (κ3) is 2.09. The number of rotatable bonds is 1. The Balaban J connectivity index is 3.37. The molecule has 0 aliphatic carbocycles. The molecule has 0 fully saturated rings. The van der Waals surface area contributed by atoms with E-state index in [0.29, 0.717) is 5.56 Å². The molecule has 0 saturated carbocycles. The summed E-state index contributed by atoms with van der Waals surface area (Å²) in [5.74, 6) is -0.360. The summed E-state index contributed by atoms with van der Waals surface area (Å²) in [5, 5.41) is 0. The van der Waals surface area contributed by atoms with Gasteiger partial charge in [-0.1, -0.05) is 0 Å². The lowest BCUT2D eigenvalue weighted by molar-refractivity contribution is 0.0999. The third-order valence-corrected chi connectivity index (χ3v) is 3.54. The van der Waals surface area contributed by atoms with Crippen LogP contribution in [0.2, 0.25) is 0 Å². The van der Waals surface area contributed by atoms with E-state index in [4.69, 9.17) is 5.73 Å². The maximum atomic E-state index is 10.9. The summed E-state index contributed by atoms with van der Waals surface area (Å²) in [6.45, 7) is 1.97. The number of primary amides is 1. The Morgan fingerprint density at radius 2 is 2.00 bits per heavy atom. The van der Waals surface area contributed by atoms with E-state index in [1.165, 1.54) is 0 Å². The Morgan fingerprint density at radius 1 is 1.42 bits per heavy atom. The summed E-state index contributed by atoms with van der Waals surface area (Å²) in [5.41, 5.74) is 6.91. The fourth-order valence-electron chi connectivity index (χ4n) is 0.905. The van der Waals surface area contributed by atoms with Crippen molar-refractivity contribution in [3.8, 4) is 0 Å². The molecule has 0 aliphatic heterocycles. The molecule has 1 rings (SSSR count). The predicted molar refractivity (Wildman–Crippen MR) is 65.1 cm³/mol. The number of aryl methyl sites for hydroxylation is 1. The smallest absolute Gasteiger partial charge is 0.249 e. The highest BCUT2D eigenvalue weighted by molar-refractivity contribution is 14.1. The zero-order valence-corrected chi connectivity index (χ0v) is 10.7. The second kappa shape index (κ2) is 3.91. The van der Waals surface area contributed by atoms with Gasteiger partial charge in [-0.2, -0.15) is 0 Å². The zero-order valence-electron chi connectivity index (χ0n) is 6.40. The second-order valence-electron chi connectivity index (χ2n) is 2.45. The Morgan fingerprint density at radius 3 is 2.50 bits per heavy atom. The molecule has 0 unspecified atom stereocenters. The van der Waals surface area contributed by atoms with E-state index in [1.54, 1.807) is 6.07 Å². The van der Waals surface area contributed by atoms with E-state index in [9.17, 15) is 4.79 Å². The average molecular weight is 387 g/mol. The van der Waals surface area contributed by atoms with Gasteiger partial charge in [-0.15, -0.1) is 0 Å². The number of nitrogens with two attached hydrogens (primary N) is 1. The number of benzene rings is 1. The number of amides is 1. The summed E-state index contributed by atoms with van der Waals surface area (Å²) in [4.78, 5) is 10.9. The number of hydrogen-bond acceptors (Lipinski definition) is 1. The summed E-state index contributed by atoms with van der Waals surface area (Å²) in [6.07, 6.45) is 0. The molecule has 2 nitrogen and oxygen atoms in total. The minimum absolute atomic E-state index is 0.360. The van der Waals surface area contributed by atoms with Gasteiger partial charge in [0, 0.05) is 7.14 Å². The fourth-order valence-corrected chi connectivity index (χ4v) is 2.26. The lowest BCUT2D eigenvalue weighted by Crippen LogP contribution is -2.13. The van der Waals surface area contributed by atoms with Gasteiger partial charge in [0.05, 0.1) is 5.56 Å². The SMILES string of the molecule is Cc1cc(I)cc(C(N)=O)c1I. The summed E-state index contributed by atoms with van der Waals surface area (Å²) in [6, 6.07) is 3.83. The Labute approximate surface area is 98.2 Å². The minimum Gasteiger partial charge on any atom is -0.366 e. The van der Waals surface area contributed by atoms with Crippen LogP contribution < -0.4 is 5.73 Å². The fraction of sp³-hybridized carbons (Fsp3) is 0.125. The van der Waals surface area contributed by atoms with E-state index < -0.39 is 0 Å². The molecule has 12 heavy (non-hydrogen) atoms. The number of halogens is 2. The standard InChI is InChI=1S/C8H7I2NO/c1-4-2-5(9)3-6(7(4)10)8(11)12/h2-3H,1H3,(H2,11,12). The highest BCUT2D eigenvalue weighted by Crippen LogP contribution is 2.19. The van der Waals surface area contributed by atoms with Crippen LogP contribution in [-0.4, -0.2) is 5.91 Å². The van der Waals surface area contributed by atoms with Crippen LogP contribution in [0.3, 0.4) is 0 Å². The summed E-state index contributed by atoms with van der Waals surface area (Å²) >= 11 is 4.30. The predicted octanol–water partition coefficient (Wildman–Crippen LogP) is 2.30. The Hall–Kier alpha value is 0.150. The van der Waals surface area contributed by atoms with Gasteiger partial charge in [0.15, 0.2) is 0 Å². The number of hydrogen-bond donors (Lipinski definition) is 1. The molecule has 2 N–H and O–H groups in total. The van der Waals surface area contributed by atoms with Gasteiger partial charge < -0.3 is 5.73 Å². The van der Waals surface area contributed by atoms with Crippen molar-refractivity contribution in [3.05, 3.63) is 30.4 Å². The van der Waals surface area contributed by atoms with E-state index in [2.05, 4.69) is 45.2 Å². The minimum atomic E-state index is -0.360. The molecule has 64 valence electrons. The first-order chi connectivity index (χ1) is 5.52. The summed E-state index contributed by atoms with van der Waals surface area (Å²) in [7, 11) is 0. The van der Waals surface area contributed by atoms with Crippen molar-refractivity contribution >= 4 is 51.1 Å². The topological polar surface area (TPSA) is 43.1 Å². The first-order valence-electron chi connectivity index (χ1n) is 3.28. The van der Waals surface area contributed by atoms with Crippen LogP contribution in [0.15, 0.2) is 12.1 Å². The molecular formula is C8H7I2NO. The molecule has 0 atom stereocenters. The lowest BCUT2D eigenvalue weighted by Gasteiger charge is -2.04. The molecule has 0 spiro atoms. The maximum Gasteiger partial charge on any atom is 0.249 e. The Bertz CT molecular complexity index is 336. The summed E-state index contributed by atoms with van der Waals surface area (Å²) < 4.78 is 1.99. The van der Waals surface area contributed by atoms with Crippen molar-refractivity contribution in [2.45, 2.75) is 6.92 Å². The van der Waals surface area contributed by atoms with Crippen LogP contribution in [0.4, 0.5) is 0 Å². The first kappa shape index (κ1) is 10.2. The normalized spacial score (nSPS) is 9.92. The van der Waals surface area contributed by atoms with Gasteiger partial charge in [-0.25, -0.2) is 0 Å². The van der Waals surface area contributed by atoms with Crippen molar-refractivity contribution in [1.82, 2.24) is 0 Å². The molecule has 0 bridgehead atoms. The van der Waals surface area contributed by atoms with Crippen LogP contribution in [0.25, 0.3) is 0 Å². The van der Waals surface area contributed by atoms with Crippen LogP contribution in [-0.2, 0) is 0 Å². The lowest BCUT2D eigenvalue weighted by atomic mass is 10.1. The highest BCUT2D eigenvalue weighted by atomic mass is 127. The van der Waals surface area contributed by atoms with Gasteiger partial charge in [0.1, 0.15) is 0 Å². The largest absolute Gasteiger partial charge is 0.366 e. The first-order valence-corrected chi connectivity index (χ1v) is 5.43. The van der Waals surface area contributed by atoms with Crippen LogP contribution >= 0.6 is 45.2 Å². The molecule has 0 aromatic heterocycles. The molecule has 0 radical (unpaired) electrons. The van der Waals surface area contributed by atoms with E-state index in [1.807, 2.05) is 13.0 Å². The molecule has 0 aliphatic rings. The van der Waals surface area contributed by atoms with Crippen molar-refractivity contribution < 1.29 is 4.79 Å². The van der Waals surface area contributed by atoms with Crippen LogP contribution in [0, 0.1) is 14.1 Å². The molecule has 1 amide bonds. The van der Waals surface area contributed by atoms with E-state index in [0.717, 1.165) is 12.7 Å². The van der Waals surface area contributed by atoms with Gasteiger partial charge in [-0.05, 0) is 69.8 Å². The maximum absolute atomic E-state index is 10.9. The monoisotopic (exact) mass is 387 g/mol. The van der Waals surface area contributed by atoms with Crippen molar-refractivity contribution in [3.63, 3.8) is 0 Å². The van der Waals surface area contributed by atoms with Crippen LogP contribution in [0.1, 0.15) is 15.9 Å². The van der Waals surface area contributed by atoms with Crippen molar-refractivity contribution in [2.75, 3.05) is 0 Å². The van der Waals surface area contributed by atoms with Gasteiger partial charge >= 0.3 is 0 Å². The zero-order chi connectivity index (χ0) is 9.30. The molecule has 1 aromatic rings. The van der Waals surface area contributed by atoms with Crippen molar-refractivity contribution in [2.24, 2.45) is 5.73 Å². The highest BCUT2D eigenvalue weighted by Gasteiger charge is 2.08. The van der Waals surface area contributed by atoms with E-state index >= 15 is 0 Å². The van der Waals surface area contributed by atoms with Gasteiger partial charge in [0.2, 0.25) is 5.91 Å². The van der Waals surface area contributed by atoms with Gasteiger partial charge in [-0.3, -0.25) is 4.79 Å². The quantitative estimate of drug-likeness (QED) is 0.739.